The summed E-state index contributed by atoms with van der Waals surface area (Å²) >= 11 is 0. The highest BCUT2D eigenvalue weighted by molar-refractivity contribution is 5.92. The number of hydrogen-bond acceptors (Lipinski definition) is 8. The molecule has 1 aliphatic rings. The fraction of sp³-hybridized carbons (Fsp3) is 0.375. The van der Waals surface area contributed by atoms with Gasteiger partial charge < -0.3 is 13.9 Å². The minimum absolute atomic E-state index is 0.0664. The van der Waals surface area contributed by atoms with E-state index in [-0.39, 0.29) is 29.0 Å². The maximum absolute atomic E-state index is 12.6. The molecule has 28 heavy (non-hydrogen) atoms. The quantitative estimate of drug-likeness (QED) is 0.666. The van der Waals surface area contributed by atoms with E-state index in [0.717, 1.165) is 12.8 Å². The molecule has 3 aromatic rings. The zero-order valence-electron chi connectivity index (χ0n) is 14.3. The van der Waals surface area contributed by atoms with Gasteiger partial charge >= 0.3 is 12.1 Å². The van der Waals surface area contributed by atoms with Crippen LogP contribution in [0.4, 0.5) is 13.2 Å². The highest BCUT2D eigenvalue weighted by Crippen LogP contribution is 2.30. The number of alkyl halides is 3. The van der Waals surface area contributed by atoms with Crippen molar-refractivity contribution < 1.29 is 27.0 Å². The summed E-state index contributed by atoms with van der Waals surface area (Å²) in [6, 6.07) is 1.49. The van der Waals surface area contributed by atoms with Crippen LogP contribution < -0.4 is 0 Å². The molecule has 146 valence electrons. The second-order valence-corrected chi connectivity index (χ2v) is 6.23. The number of likely N-dealkylation sites (tertiary alicyclic amines) is 1. The van der Waals surface area contributed by atoms with Crippen LogP contribution in [0.15, 0.2) is 33.8 Å². The Morgan fingerprint density at radius 3 is 2.79 bits per heavy atom. The minimum atomic E-state index is -4.73. The fourth-order valence-electron chi connectivity index (χ4n) is 3.02. The lowest BCUT2D eigenvalue weighted by Crippen LogP contribution is -2.39. The number of halogens is 3. The number of rotatable bonds is 3. The SMILES string of the molecule is O=C(c1ccon1)N1CCCC(c2cncc(-c3noc(C(F)(F)F)n3)n2)C1. The number of aromatic nitrogens is 5. The van der Waals surface area contributed by atoms with E-state index in [0.29, 0.717) is 18.8 Å². The lowest BCUT2D eigenvalue weighted by atomic mass is 9.94. The first-order chi connectivity index (χ1) is 13.4. The standard InChI is InChI=1S/C16H13F3N6O3/c17-16(18,19)15-22-13(24-28-15)12-7-20-6-11(21-12)9-2-1-4-25(8-9)14(26)10-3-5-27-23-10/h3,5-7,9H,1-2,4,8H2. The lowest BCUT2D eigenvalue weighted by Gasteiger charge is -2.31. The monoisotopic (exact) mass is 394 g/mol. The van der Waals surface area contributed by atoms with Gasteiger partial charge in [0.2, 0.25) is 5.82 Å². The summed E-state index contributed by atoms with van der Waals surface area (Å²) in [5.74, 6) is -2.13. The second-order valence-electron chi connectivity index (χ2n) is 6.23. The number of nitrogens with zero attached hydrogens (tertiary/aromatic N) is 6. The molecule has 1 unspecified atom stereocenters. The first-order valence-electron chi connectivity index (χ1n) is 8.34. The van der Waals surface area contributed by atoms with Gasteiger partial charge in [0, 0.05) is 31.3 Å². The maximum atomic E-state index is 12.6. The molecule has 0 radical (unpaired) electrons. The Labute approximate surface area is 155 Å². The molecule has 1 amide bonds. The van der Waals surface area contributed by atoms with E-state index < -0.39 is 12.1 Å². The first-order valence-corrected chi connectivity index (χ1v) is 8.34. The summed E-state index contributed by atoms with van der Waals surface area (Å²) in [5.41, 5.74) is 0.817. The molecule has 4 rings (SSSR count). The van der Waals surface area contributed by atoms with Crippen molar-refractivity contribution >= 4 is 5.91 Å². The Bertz CT molecular complexity index is 972. The van der Waals surface area contributed by atoms with Crippen LogP contribution in [-0.2, 0) is 6.18 Å². The van der Waals surface area contributed by atoms with E-state index in [1.165, 1.54) is 24.7 Å². The van der Waals surface area contributed by atoms with Crippen LogP contribution in [-0.4, -0.2) is 49.2 Å². The van der Waals surface area contributed by atoms with Crippen molar-refractivity contribution in [3.8, 4) is 11.5 Å². The number of piperidine rings is 1. The molecule has 0 aliphatic carbocycles. The first kappa shape index (κ1) is 18.1. The third-order valence-corrected chi connectivity index (χ3v) is 4.33. The molecule has 0 saturated carbocycles. The molecule has 9 nitrogen and oxygen atoms in total. The largest absolute Gasteiger partial charge is 0.471 e. The smallest absolute Gasteiger partial charge is 0.364 e. The average molecular weight is 394 g/mol. The van der Waals surface area contributed by atoms with Gasteiger partial charge in [-0.1, -0.05) is 10.3 Å². The zero-order chi connectivity index (χ0) is 19.7. The van der Waals surface area contributed by atoms with Crippen LogP contribution in [0.3, 0.4) is 0 Å². The predicted octanol–water partition coefficient (Wildman–Crippen LogP) is 2.55. The Balaban J connectivity index is 1.54. The van der Waals surface area contributed by atoms with Gasteiger partial charge in [-0.05, 0) is 12.8 Å². The molecule has 1 aliphatic heterocycles. The van der Waals surface area contributed by atoms with E-state index in [1.807, 2.05) is 0 Å². The van der Waals surface area contributed by atoms with Gasteiger partial charge in [-0.15, -0.1) is 0 Å². The highest BCUT2D eigenvalue weighted by atomic mass is 19.4. The van der Waals surface area contributed by atoms with Gasteiger partial charge in [-0.2, -0.15) is 18.2 Å². The molecule has 0 N–H and O–H groups in total. The van der Waals surface area contributed by atoms with Gasteiger partial charge in [-0.25, -0.2) is 4.98 Å². The third kappa shape index (κ3) is 3.57. The van der Waals surface area contributed by atoms with Crippen LogP contribution >= 0.6 is 0 Å². The van der Waals surface area contributed by atoms with Gasteiger partial charge in [0.1, 0.15) is 12.0 Å². The molecule has 1 atom stereocenters. The lowest BCUT2D eigenvalue weighted by molar-refractivity contribution is -0.159. The Kier molecular flexibility index (Phi) is 4.53. The summed E-state index contributed by atoms with van der Waals surface area (Å²) in [4.78, 5) is 25.8. The predicted molar refractivity (Wildman–Crippen MR) is 84.7 cm³/mol. The van der Waals surface area contributed by atoms with Crippen molar-refractivity contribution in [1.29, 1.82) is 0 Å². The molecule has 3 aromatic heterocycles. The van der Waals surface area contributed by atoms with Crippen LogP contribution in [0.5, 0.6) is 0 Å². The molecule has 12 heteroatoms. The minimum Gasteiger partial charge on any atom is -0.364 e. The van der Waals surface area contributed by atoms with Crippen molar-refractivity contribution in [1.82, 2.24) is 30.2 Å². The third-order valence-electron chi connectivity index (χ3n) is 4.33. The summed E-state index contributed by atoms with van der Waals surface area (Å²) in [6.45, 7) is 0.943. The van der Waals surface area contributed by atoms with Gasteiger partial charge in [0.25, 0.3) is 5.91 Å². The average Bonchev–Trinajstić information content (AvgIpc) is 3.39. The van der Waals surface area contributed by atoms with Crippen molar-refractivity contribution in [2.75, 3.05) is 13.1 Å². The van der Waals surface area contributed by atoms with E-state index in [4.69, 9.17) is 4.52 Å². The number of amides is 1. The maximum Gasteiger partial charge on any atom is 0.471 e. The second kappa shape index (κ2) is 7.02. The van der Waals surface area contributed by atoms with Crippen LogP contribution in [0.2, 0.25) is 0 Å². The molecule has 4 heterocycles. The summed E-state index contributed by atoms with van der Waals surface area (Å²) < 4.78 is 46.9. The molecular weight excluding hydrogens is 381 g/mol. The zero-order valence-corrected chi connectivity index (χ0v) is 14.3. The van der Waals surface area contributed by atoms with E-state index >= 15 is 0 Å². The molecule has 0 aromatic carbocycles. The Morgan fingerprint density at radius 2 is 2.07 bits per heavy atom. The van der Waals surface area contributed by atoms with E-state index in [2.05, 4.69) is 29.8 Å². The number of carbonyl (C=O) groups is 1. The van der Waals surface area contributed by atoms with Crippen LogP contribution in [0, 0.1) is 0 Å². The van der Waals surface area contributed by atoms with Crippen molar-refractivity contribution in [3.63, 3.8) is 0 Å². The van der Waals surface area contributed by atoms with Gasteiger partial charge in [0.15, 0.2) is 5.69 Å². The molecule has 1 fully saturated rings. The summed E-state index contributed by atoms with van der Waals surface area (Å²) in [5, 5.41) is 6.98. The molecule has 0 spiro atoms. The highest BCUT2D eigenvalue weighted by Gasteiger charge is 2.38. The van der Waals surface area contributed by atoms with E-state index in [9.17, 15) is 18.0 Å². The number of carbonyl (C=O) groups excluding carboxylic acids is 1. The fourth-order valence-corrected chi connectivity index (χ4v) is 3.02. The Hall–Kier alpha value is -3.31. The normalized spacial score (nSPS) is 17.7. The van der Waals surface area contributed by atoms with Crippen LogP contribution in [0.1, 0.15) is 40.8 Å². The number of hydrogen-bond donors (Lipinski definition) is 0. The van der Waals surface area contributed by atoms with Crippen LogP contribution in [0.25, 0.3) is 11.5 Å². The van der Waals surface area contributed by atoms with Gasteiger partial charge in [-0.3, -0.25) is 9.78 Å². The van der Waals surface area contributed by atoms with Crippen molar-refractivity contribution in [2.45, 2.75) is 24.9 Å². The van der Waals surface area contributed by atoms with Crippen molar-refractivity contribution in [2.24, 2.45) is 0 Å². The van der Waals surface area contributed by atoms with Gasteiger partial charge in [0.05, 0.1) is 11.9 Å². The van der Waals surface area contributed by atoms with Crippen molar-refractivity contribution in [3.05, 3.63) is 42.0 Å². The molecule has 0 bridgehead atoms. The Morgan fingerprint density at radius 1 is 1.21 bits per heavy atom. The summed E-state index contributed by atoms with van der Waals surface area (Å²) in [7, 11) is 0. The molecular formula is C16H13F3N6O3. The summed E-state index contributed by atoms with van der Waals surface area (Å²) in [6.07, 6.45) is 0.853. The topological polar surface area (TPSA) is 111 Å². The van der Waals surface area contributed by atoms with E-state index in [1.54, 1.807) is 4.90 Å². The molecule has 1 saturated heterocycles.